The first kappa shape index (κ1) is 9.34. The van der Waals surface area contributed by atoms with Gasteiger partial charge in [0, 0.05) is 12.8 Å². The highest BCUT2D eigenvalue weighted by atomic mass is 16.1. The SMILES string of the molecule is CC(C)(CC=O)CCC=O. The van der Waals surface area contributed by atoms with Crippen molar-refractivity contribution in [1.82, 2.24) is 0 Å². The Morgan fingerprint density at radius 2 is 1.80 bits per heavy atom. The molecule has 0 bridgehead atoms. The summed E-state index contributed by atoms with van der Waals surface area (Å²) >= 11 is 0. The van der Waals surface area contributed by atoms with E-state index < -0.39 is 0 Å². The van der Waals surface area contributed by atoms with Crippen LogP contribution in [0.25, 0.3) is 0 Å². The Morgan fingerprint density at radius 1 is 1.20 bits per heavy atom. The van der Waals surface area contributed by atoms with Crippen molar-refractivity contribution in [3.63, 3.8) is 0 Å². The third-order valence-electron chi connectivity index (χ3n) is 1.57. The molecular weight excluding hydrogens is 128 g/mol. The van der Waals surface area contributed by atoms with Gasteiger partial charge in [-0.15, -0.1) is 0 Å². The van der Waals surface area contributed by atoms with E-state index in [2.05, 4.69) is 0 Å². The molecule has 0 atom stereocenters. The lowest BCUT2D eigenvalue weighted by atomic mass is 9.85. The lowest BCUT2D eigenvalue weighted by Crippen LogP contribution is -2.11. The van der Waals surface area contributed by atoms with Crippen molar-refractivity contribution in [2.24, 2.45) is 5.41 Å². The standard InChI is InChI=1S/C8H14O2/c1-8(2,5-7-10)4-3-6-9/h6-7H,3-5H2,1-2H3. The minimum atomic E-state index is 0.00264. The molecule has 0 saturated heterocycles. The minimum Gasteiger partial charge on any atom is -0.303 e. The molecule has 0 spiro atoms. The number of rotatable bonds is 5. The van der Waals surface area contributed by atoms with Crippen LogP contribution in [0.2, 0.25) is 0 Å². The fourth-order valence-corrected chi connectivity index (χ4v) is 0.777. The summed E-state index contributed by atoms with van der Waals surface area (Å²) in [6.07, 6.45) is 3.70. The molecule has 58 valence electrons. The lowest BCUT2D eigenvalue weighted by molar-refractivity contribution is -0.111. The first-order valence-corrected chi connectivity index (χ1v) is 3.50. The maximum atomic E-state index is 10.1. The average molecular weight is 142 g/mol. The summed E-state index contributed by atoms with van der Waals surface area (Å²) in [4.78, 5) is 20.1. The highest BCUT2D eigenvalue weighted by Gasteiger charge is 2.15. The van der Waals surface area contributed by atoms with Gasteiger partial charge >= 0.3 is 0 Å². The van der Waals surface area contributed by atoms with Gasteiger partial charge in [0.25, 0.3) is 0 Å². The van der Waals surface area contributed by atoms with Crippen LogP contribution in [-0.2, 0) is 9.59 Å². The summed E-state index contributed by atoms with van der Waals surface area (Å²) in [7, 11) is 0. The molecule has 0 N–H and O–H groups in total. The van der Waals surface area contributed by atoms with Crippen LogP contribution in [0.15, 0.2) is 0 Å². The number of carbonyl (C=O) groups excluding carboxylic acids is 2. The van der Waals surface area contributed by atoms with E-state index in [1.54, 1.807) is 0 Å². The van der Waals surface area contributed by atoms with Crippen LogP contribution in [-0.4, -0.2) is 12.6 Å². The molecule has 0 fully saturated rings. The largest absolute Gasteiger partial charge is 0.303 e. The van der Waals surface area contributed by atoms with Gasteiger partial charge in [-0.25, -0.2) is 0 Å². The van der Waals surface area contributed by atoms with Gasteiger partial charge in [-0.3, -0.25) is 0 Å². The number of hydrogen-bond acceptors (Lipinski definition) is 2. The van der Waals surface area contributed by atoms with Crippen molar-refractivity contribution < 1.29 is 9.59 Å². The van der Waals surface area contributed by atoms with Gasteiger partial charge < -0.3 is 9.59 Å². The van der Waals surface area contributed by atoms with E-state index in [0.29, 0.717) is 12.8 Å². The third kappa shape index (κ3) is 4.24. The summed E-state index contributed by atoms with van der Waals surface area (Å²) in [5, 5.41) is 0. The Morgan fingerprint density at radius 3 is 2.20 bits per heavy atom. The molecule has 0 aromatic carbocycles. The molecule has 2 nitrogen and oxygen atoms in total. The first-order chi connectivity index (χ1) is 4.62. The Labute approximate surface area is 61.6 Å². The number of hydrogen-bond donors (Lipinski definition) is 0. The van der Waals surface area contributed by atoms with Gasteiger partial charge in [0.15, 0.2) is 0 Å². The maximum Gasteiger partial charge on any atom is 0.120 e. The van der Waals surface area contributed by atoms with Crippen LogP contribution in [0.5, 0.6) is 0 Å². The van der Waals surface area contributed by atoms with Crippen LogP contribution in [0.1, 0.15) is 33.1 Å². The van der Waals surface area contributed by atoms with E-state index in [4.69, 9.17) is 0 Å². The molecule has 0 radical (unpaired) electrons. The van der Waals surface area contributed by atoms with Crippen molar-refractivity contribution in [2.75, 3.05) is 0 Å². The van der Waals surface area contributed by atoms with Gasteiger partial charge in [0.05, 0.1) is 0 Å². The lowest BCUT2D eigenvalue weighted by Gasteiger charge is -2.19. The summed E-state index contributed by atoms with van der Waals surface area (Å²) in [6.45, 7) is 3.98. The second-order valence-corrected chi connectivity index (χ2v) is 3.24. The fraction of sp³-hybridized carbons (Fsp3) is 0.750. The second kappa shape index (κ2) is 4.20. The Balaban J connectivity index is 3.61. The molecule has 0 saturated carbocycles. The predicted molar refractivity (Wildman–Crippen MR) is 39.8 cm³/mol. The zero-order chi connectivity index (χ0) is 8.04. The zero-order valence-corrected chi connectivity index (χ0v) is 6.59. The van der Waals surface area contributed by atoms with E-state index in [-0.39, 0.29) is 5.41 Å². The zero-order valence-electron chi connectivity index (χ0n) is 6.59. The third-order valence-corrected chi connectivity index (χ3v) is 1.57. The molecule has 10 heavy (non-hydrogen) atoms. The summed E-state index contributed by atoms with van der Waals surface area (Å²) in [5.41, 5.74) is 0.00264. The molecule has 0 amide bonds. The van der Waals surface area contributed by atoms with Crippen LogP contribution >= 0.6 is 0 Å². The highest BCUT2D eigenvalue weighted by molar-refractivity contribution is 5.52. The van der Waals surface area contributed by atoms with Crippen molar-refractivity contribution in [3.8, 4) is 0 Å². The van der Waals surface area contributed by atoms with Gasteiger partial charge in [-0.05, 0) is 11.8 Å². The van der Waals surface area contributed by atoms with E-state index >= 15 is 0 Å². The topological polar surface area (TPSA) is 34.1 Å². The molecule has 0 aliphatic carbocycles. The molecule has 2 heteroatoms. The minimum absolute atomic E-state index is 0.00264. The maximum absolute atomic E-state index is 10.1. The van der Waals surface area contributed by atoms with Crippen LogP contribution < -0.4 is 0 Å². The van der Waals surface area contributed by atoms with E-state index in [1.165, 1.54) is 0 Å². The van der Waals surface area contributed by atoms with Crippen molar-refractivity contribution in [1.29, 1.82) is 0 Å². The van der Waals surface area contributed by atoms with Gasteiger partial charge in [-0.1, -0.05) is 13.8 Å². The Hall–Kier alpha value is -0.660. The molecule has 0 aromatic rings. The quantitative estimate of drug-likeness (QED) is 0.546. The molecule has 0 aromatic heterocycles. The smallest absolute Gasteiger partial charge is 0.120 e. The summed E-state index contributed by atoms with van der Waals surface area (Å²) in [5.74, 6) is 0. The van der Waals surface area contributed by atoms with Gasteiger partial charge in [0.1, 0.15) is 12.6 Å². The molecule has 0 unspecified atom stereocenters. The van der Waals surface area contributed by atoms with Crippen LogP contribution in [0.4, 0.5) is 0 Å². The molecule has 0 rings (SSSR count). The highest BCUT2D eigenvalue weighted by Crippen LogP contribution is 2.24. The van der Waals surface area contributed by atoms with Crippen LogP contribution in [0, 0.1) is 5.41 Å². The van der Waals surface area contributed by atoms with E-state index in [9.17, 15) is 9.59 Å². The summed E-state index contributed by atoms with van der Waals surface area (Å²) in [6, 6.07) is 0. The van der Waals surface area contributed by atoms with Crippen molar-refractivity contribution in [2.45, 2.75) is 33.1 Å². The number of carbonyl (C=O) groups is 2. The van der Waals surface area contributed by atoms with Crippen molar-refractivity contribution >= 4 is 12.6 Å². The van der Waals surface area contributed by atoms with Crippen LogP contribution in [0.3, 0.4) is 0 Å². The molecule has 0 aliphatic rings. The van der Waals surface area contributed by atoms with E-state index in [1.807, 2.05) is 13.8 Å². The monoisotopic (exact) mass is 142 g/mol. The Kier molecular flexibility index (Phi) is 3.93. The molecular formula is C8H14O2. The normalized spacial score (nSPS) is 11.0. The van der Waals surface area contributed by atoms with E-state index in [0.717, 1.165) is 19.0 Å². The Bertz CT molecular complexity index is 116. The first-order valence-electron chi connectivity index (χ1n) is 3.50. The average Bonchev–Trinajstić information content (AvgIpc) is 1.84. The van der Waals surface area contributed by atoms with Gasteiger partial charge in [-0.2, -0.15) is 0 Å². The summed E-state index contributed by atoms with van der Waals surface area (Å²) < 4.78 is 0. The number of aldehydes is 2. The second-order valence-electron chi connectivity index (χ2n) is 3.24. The molecule has 0 aliphatic heterocycles. The van der Waals surface area contributed by atoms with Crippen molar-refractivity contribution in [3.05, 3.63) is 0 Å². The van der Waals surface area contributed by atoms with Gasteiger partial charge in [0.2, 0.25) is 0 Å². The fourth-order valence-electron chi connectivity index (χ4n) is 0.777. The molecule has 0 heterocycles. The predicted octanol–water partition coefficient (Wildman–Crippen LogP) is 1.58.